The van der Waals surface area contributed by atoms with E-state index in [0.29, 0.717) is 10.6 Å². The minimum absolute atomic E-state index is 0.0460. The first kappa shape index (κ1) is 20.0. The van der Waals surface area contributed by atoms with Crippen LogP contribution in [0.5, 0.6) is 0 Å². The van der Waals surface area contributed by atoms with Gasteiger partial charge in [-0.05, 0) is 49.6 Å². The van der Waals surface area contributed by atoms with E-state index in [2.05, 4.69) is 10.6 Å². The SMILES string of the molecule is Cc1cccc(C(=O)NC(C(=O)NC(C)c2cccc(Cl)c2)C(C)C)c1. The van der Waals surface area contributed by atoms with E-state index in [4.69, 9.17) is 11.6 Å². The van der Waals surface area contributed by atoms with Gasteiger partial charge in [0, 0.05) is 10.6 Å². The number of hydrogen-bond acceptors (Lipinski definition) is 2. The average molecular weight is 373 g/mol. The van der Waals surface area contributed by atoms with Crippen LogP contribution in [0, 0.1) is 12.8 Å². The first-order valence-electron chi connectivity index (χ1n) is 8.71. The van der Waals surface area contributed by atoms with Gasteiger partial charge in [0.15, 0.2) is 0 Å². The van der Waals surface area contributed by atoms with Crippen molar-refractivity contribution in [1.82, 2.24) is 10.6 Å². The Hall–Kier alpha value is -2.33. The van der Waals surface area contributed by atoms with Crippen LogP contribution in [0.1, 0.15) is 48.3 Å². The summed E-state index contributed by atoms with van der Waals surface area (Å²) in [7, 11) is 0. The number of benzene rings is 2. The Kier molecular flexibility index (Phi) is 6.81. The summed E-state index contributed by atoms with van der Waals surface area (Å²) in [4.78, 5) is 25.2. The van der Waals surface area contributed by atoms with E-state index in [1.54, 1.807) is 18.2 Å². The molecule has 2 N–H and O–H groups in total. The number of carbonyl (C=O) groups is 2. The number of nitrogens with one attached hydrogen (secondary N) is 2. The van der Waals surface area contributed by atoms with Crippen LogP contribution in [-0.4, -0.2) is 17.9 Å². The zero-order valence-electron chi connectivity index (χ0n) is 15.5. The van der Waals surface area contributed by atoms with Gasteiger partial charge in [0.1, 0.15) is 6.04 Å². The third kappa shape index (κ3) is 5.33. The van der Waals surface area contributed by atoms with Crippen molar-refractivity contribution in [3.8, 4) is 0 Å². The number of rotatable bonds is 6. The fourth-order valence-corrected chi connectivity index (χ4v) is 2.91. The molecule has 2 atom stereocenters. The van der Waals surface area contributed by atoms with E-state index in [0.717, 1.165) is 11.1 Å². The highest BCUT2D eigenvalue weighted by molar-refractivity contribution is 6.30. The van der Waals surface area contributed by atoms with Crippen molar-refractivity contribution in [2.24, 2.45) is 5.92 Å². The molecule has 0 heterocycles. The summed E-state index contributed by atoms with van der Waals surface area (Å²) in [6.07, 6.45) is 0. The van der Waals surface area contributed by atoms with E-state index in [1.165, 1.54) is 0 Å². The van der Waals surface area contributed by atoms with Crippen molar-refractivity contribution >= 4 is 23.4 Å². The summed E-state index contributed by atoms with van der Waals surface area (Å²) < 4.78 is 0. The van der Waals surface area contributed by atoms with Gasteiger partial charge < -0.3 is 10.6 Å². The van der Waals surface area contributed by atoms with Gasteiger partial charge in [-0.2, -0.15) is 0 Å². The molecule has 0 fully saturated rings. The molecule has 2 aromatic rings. The van der Waals surface area contributed by atoms with Crippen LogP contribution >= 0.6 is 11.6 Å². The molecule has 0 aliphatic heterocycles. The Morgan fingerprint density at radius 2 is 1.65 bits per heavy atom. The molecule has 138 valence electrons. The molecule has 0 aromatic heterocycles. The maximum Gasteiger partial charge on any atom is 0.251 e. The topological polar surface area (TPSA) is 58.2 Å². The molecular formula is C21H25ClN2O2. The number of amides is 2. The first-order valence-corrected chi connectivity index (χ1v) is 9.09. The first-order chi connectivity index (χ1) is 12.3. The van der Waals surface area contributed by atoms with Crippen molar-refractivity contribution in [3.05, 3.63) is 70.2 Å². The molecule has 0 spiro atoms. The standard InChI is InChI=1S/C21H25ClN2O2/c1-13(2)19(24-20(25)17-9-5-7-14(3)11-17)21(26)23-15(4)16-8-6-10-18(22)12-16/h5-13,15,19H,1-4H3,(H,23,26)(H,24,25). The Morgan fingerprint density at radius 3 is 2.27 bits per heavy atom. The lowest BCUT2D eigenvalue weighted by atomic mass is 10.0. The van der Waals surface area contributed by atoms with Crippen LogP contribution in [0.15, 0.2) is 48.5 Å². The molecule has 0 bridgehead atoms. The van der Waals surface area contributed by atoms with E-state index < -0.39 is 6.04 Å². The summed E-state index contributed by atoms with van der Waals surface area (Å²) in [5, 5.41) is 6.43. The maximum absolute atomic E-state index is 12.7. The Labute approximate surface area is 159 Å². The minimum Gasteiger partial charge on any atom is -0.348 e. The zero-order chi connectivity index (χ0) is 19.3. The fourth-order valence-electron chi connectivity index (χ4n) is 2.71. The van der Waals surface area contributed by atoms with Crippen LogP contribution in [0.4, 0.5) is 0 Å². The number of carbonyl (C=O) groups excluding carboxylic acids is 2. The summed E-state index contributed by atoms with van der Waals surface area (Å²) >= 11 is 6.02. The number of halogens is 1. The second-order valence-corrected chi connectivity index (χ2v) is 7.29. The molecule has 2 amide bonds. The van der Waals surface area contributed by atoms with E-state index >= 15 is 0 Å². The van der Waals surface area contributed by atoms with Crippen molar-refractivity contribution in [1.29, 1.82) is 0 Å². The third-order valence-corrected chi connectivity index (χ3v) is 4.46. The van der Waals surface area contributed by atoms with Gasteiger partial charge in [-0.3, -0.25) is 9.59 Å². The van der Waals surface area contributed by atoms with Gasteiger partial charge >= 0.3 is 0 Å². The maximum atomic E-state index is 12.7. The Morgan fingerprint density at radius 1 is 0.962 bits per heavy atom. The molecule has 0 radical (unpaired) electrons. The van der Waals surface area contributed by atoms with Crippen LogP contribution in [0.25, 0.3) is 0 Å². The summed E-state index contributed by atoms with van der Waals surface area (Å²) in [6, 6.07) is 13.8. The van der Waals surface area contributed by atoms with Gasteiger partial charge in [-0.15, -0.1) is 0 Å². The minimum atomic E-state index is -0.621. The lowest BCUT2D eigenvalue weighted by molar-refractivity contribution is -0.124. The van der Waals surface area contributed by atoms with Crippen LogP contribution in [-0.2, 0) is 4.79 Å². The highest BCUT2D eigenvalue weighted by Gasteiger charge is 2.26. The summed E-state index contributed by atoms with van der Waals surface area (Å²) in [5.41, 5.74) is 2.46. The van der Waals surface area contributed by atoms with Gasteiger partial charge in [-0.25, -0.2) is 0 Å². The van der Waals surface area contributed by atoms with Gasteiger partial charge in [-0.1, -0.05) is 55.3 Å². The van der Waals surface area contributed by atoms with E-state index in [1.807, 2.05) is 58.0 Å². The molecule has 2 aromatic carbocycles. The van der Waals surface area contributed by atoms with E-state index in [-0.39, 0.29) is 23.8 Å². The fraction of sp³-hybridized carbons (Fsp3) is 0.333. The monoisotopic (exact) mass is 372 g/mol. The van der Waals surface area contributed by atoms with Gasteiger partial charge in [0.25, 0.3) is 5.91 Å². The molecule has 26 heavy (non-hydrogen) atoms. The Balaban J connectivity index is 2.08. The second kappa shape index (κ2) is 8.86. The normalized spacial score (nSPS) is 13.2. The number of aryl methyl sites for hydroxylation is 1. The zero-order valence-corrected chi connectivity index (χ0v) is 16.3. The second-order valence-electron chi connectivity index (χ2n) is 6.85. The van der Waals surface area contributed by atoms with Gasteiger partial charge in [0.2, 0.25) is 5.91 Å². The van der Waals surface area contributed by atoms with Crippen LogP contribution < -0.4 is 10.6 Å². The molecular weight excluding hydrogens is 348 g/mol. The summed E-state index contributed by atoms with van der Waals surface area (Å²) in [5.74, 6) is -0.512. The predicted molar refractivity (Wildman–Crippen MR) is 105 cm³/mol. The summed E-state index contributed by atoms with van der Waals surface area (Å²) in [6.45, 7) is 7.63. The molecule has 2 unspecified atom stereocenters. The lowest BCUT2D eigenvalue weighted by Gasteiger charge is -2.24. The molecule has 0 saturated heterocycles. The molecule has 5 heteroatoms. The van der Waals surface area contributed by atoms with E-state index in [9.17, 15) is 9.59 Å². The van der Waals surface area contributed by atoms with Crippen molar-refractivity contribution in [2.75, 3.05) is 0 Å². The van der Waals surface area contributed by atoms with Gasteiger partial charge in [0.05, 0.1) is 6.04 Å². The predicted octanol–water partition coefficient (Wildman–Crippen LogP) is 4.28. The van der Waals surface area contributed by atoms with Crippen molar-refractivity contribution < 1.29 is 9.59 Å². The molecule has 2 rings (SSSR count). The molecule has 4 nitrogen and oxygen atoms in total. The largest absolute Gasteiger partial charge is 0.348 e. The molecule has 0 aliphatic rings. The van der Waals surface area contributed by atoms with Crippen LogP contribution in [0.3, 0.4) is 0 Å². The third-order valence-electron chi connectivity index (χ3n) is 4.22. The lowest BCUT2D eigenvalue weighted by Crippen LogP contribution is -2.50. The average Bonchev–Trinajstić information content (AvgIpc) is 2.59. The molecule has 0 saturated carbocycles. The van der Waals surface area contributed by atoms with Crippen molar-refractivity contribution in [2.45, 2.75) is 39.8 Å². The highest BCUT2D eigenvalue weighted by Crippen LogP contribution is 2.18. The highest BCUT2D eigenvalue weighted by atomic mass is 35.5. The van der Waals surface area contributed by atoms with Crippen LogP contribution in [0.2, 0.25) is 5.02 Å². The Bertz CT molecular complexity index is 789. The van der Waals surface area contributed by atoms with Crippen molar-refractivity contribution in [3.63, 3.8) is 0 Å². The quantitative estimate of drug-likeness (QED) is 0.795. The smallest absolute Gasteiger partial charge is 0.251 e. The molecule has 0 aliphatic carbocycles. The number of hydrogen-bond donors (Lipinski definition) is 2.